The van der Waals surface area contributed by atoms with Crippen LogP contribution in [0.4, 0.5) is 15.6 Å². The minimum Gasteiger partial charge on any atom is -0.310 e. The van der Waals surface area contributed by atoms with E-state index < -0.39 is 5.91 Å². The van der Waals surface area contributed by atoms with Crippen molar-refractivity contribution in [3.05, 3.63) is 87.4 Å². The lowest BCUT2D eigenvalue weighted by Gasteiger charge is -2.25. The second kappa shape index (κ2) is 13.9. The average Bonchev–Trinajstić information content (AvgIpc) is 3.43. The number of benzene rings is 3. The number of carbonyl (C=O) groups is 2. The van der Waals surface area contributed by atoms with Crippen LogP contribution >= 0.6 is 34.5 Å². The molecule has 3 aromatic carbocycles. The van der Waals surface area contributed by atoms with Crippen molar-refractivity contribution in [1.29, 1.82) is 5.53 Å². The third kappa shape index (κ3) is 7.48. The first kappa shape index (κ1) is 30.4. The van der Waals surface area contributed by atoms with Crippen molar-refractivity contribution in [3.63, 3.8) is 0 Å². The van der Waals surface area contributed by atoms with E-state index in [2.05, 4.69) is 43.4 Å². The second-order valence-electron chi connectivity index (χ2n) is 10.1. The third-order valence-corrected chi connectivity index (χ3v) is 8.90. The number of thiazole rings is 1. The van der Waals surface area contributed by atoms with Crippen LogP contribution in [0, 0.1) is 5.53 Å². The van der Waals surface area contributed by atoms with Crippen LogP contribution in [0.15, 0.2) is 70.9 Å². The number of rotatable bonds is 7. The van der Waals surface area contributed by atoms with Crippen LogP contribution in [0.5, 0.6) is 0 Å². The van der Waals surface area contributed by atoms with Gasteiger partial charge in [0.25, 0.3) is 11.9 Å². The van der Waals surface area contributed by atoms with Gasteiger partial charge >= 0.3 is 6.03 Å². The molecular formula is C30H30Cl2N8O2S. The largest absolute Gasteiger partial charge is 0.328 e. The Morgan fingerprint density at radius 1 is 1.05 bits per heavy atom. The summed E-state index contributed by atoms with van der Waals surface area (Å²) in [4.78, 5) is 32.5. The van der Waals surface area contributed by atoms with E-state index in [1.165, 1.54) is 49.0 Å². The summed E-state index contributed by atoms with van der Waals surface area (Å²) < 4.78 is 0.736. The molecule has 0 spiro atoms. The number of fused-ring (bicyclic) bond motifs is 1. The summed E-state index contributed by atoms with van der Waals surface area (Å²) in [5.41, 5.74) is 13.4. The van der Waals surface area contributed by atoms with Crippen LogP contribution < -0.4 is 21.0 Å². The molecule has 4 aromatic rings. The van der Waals surface area contributed by atoms with E-state index in [0.29, 0.717) is 32.2 Å². The molecule has 5 rings (SSSR count). The molecule has 1 aliphatic carbocycles. The number of nitrogens with one attached hydrogen (secondary N) is 4. The van der Waals surface area contributed by atoms with Gasteiger partial charge in [-0.05, 0) is 66.3 Å². The van der Waals surface area contributed by atoms with Crippen molar-refractivity contribution < 1.29 is 9.59 Å². The van der Waals surface area contributed by atoms with Crippen LogP contribution in [0.3, 0.4) is 0 Å². The lowest BCUT2D eigenvalue weighted by molar-refractivity contribution is 0.0976. The smallest absolute Gasteiger partial charge is 0.310 e. The Balaban J connectivity index is 1.38. The number of nitrogens with zero attached hydrogens (tertiary/aromatic N) is 4. The van der Waals surface area contributed by atoms with Gasteiger partial charge in [-0.15, -0.1) is 10.2 Å². The molecule has 0 aliphatic heterocycles. The minimum atomic E-state index is -0.459. The van der Waals surface area contributed by atoms with Crippen molar-refractivity contribution in [3.8, 4) is 0 Å². The van der Waals surface area contributed by atoms with Gasteiger partial charge in [-0.25, -0.2) is 15.3 Å². The number of hydrogen-bond acceptors (Lipinski definition) is 7. The summed E-state index contributed by atoms with van der Waals surface area (Å²) in [6.45, 7) is 0.239. The first-order valence-corrected chi connectivity index (χ1v) is 15.4. The fourth-order valence-electron chi connectivity index (χ4n) is 5.12. The molecule has 0 atom stereocenters. The van der Waals surface area contributed by atoms with Crippen LogP contribution in [-0.2, 0) is 6.54 Å². The first-order valence-electron chi connectivity index (χ1n) is 13.8. The molecule has 0 bridgehead atoms. The molecule has 4 N–H and O–H groups in total. The molecule has 0 radical (unpaired) electrons. The predicted octanol–water partition coefficient (Wildman–Crippen LogP) is 8.14. The van der Waals surface area contributed by atoms with Gasteiger partial charge in [0.2, 0.25) is 0 Å². The summed E-state index contributed by atoms with van der Waals surface area (Å²) in [6.07, 6.45) is 6.15. The zero-order chi connectivity index (χ0) is 30.3. The lowest BCUT2D eigenvalue weighted by Crippen LogP contribution is -2.34. The normalized spacial score (nSPS) is 13.9. The van der Waals surface area contributed by atoms with Crippen LogP contribution in [0.1, 0.15) is 59.5 Å². The van der Waals surface area contributed by atoms with Crippen molar-refractivity contribution in [2.75, 3.05) is 17.3 Å². The van der Waals surface area contributed by atoms with Gasteiger partial charge in [-0.2, -0.15) is 0 Å². The maximum absolute atomic E-state index is 13.7. The Morgan fingerprint density at radius 3 is 2.44 bits per heavy atom. The fourth-order valence-corrected chi connectivity index (χ4v) is 6.56. The van der Waals surface area contributed by atoms with Gasteiger partial charge in [-0.3, -0.25) is 20.3 Å². The molecule has 1 aliphatic rings. The van der Waals surface area contributed by atoms with Gasteiger partial charge in [0.1, 0.15) is 0 Å². The Kier molecular flexibility index (Phi) is 9.86. The number of hydrazone groups is 1. The molecule has 13 heteroatoms. The van der Waals surface area contributed by atoms with E-state index in [-0.39, 0.29) is 18.5 Å². The Hall–Kier alpha value is -4.06. The summed E-state index contributed by atoms with van der Waals surface area (Å²) >= 11 is 13.8. The van der Waals surface area contributed by atoms with Crippen molar-refractivity contribution in [2.24, 2.45) is 10.2 Å². The van der Waals surface area contributed by atoms with Crippen molar-refractivity contribution in [1.82, 2.24) is 15.7 Å². The summed E-state index contributed by atoms with van der Waals surface area (Å²) in [7, 11) is 1.54. The standard InChI is InChI=1S/C30H30Cl2N8O2S/c1-34-39-28(38-33)36-27(41)21-9-7-18(8-10-21)17-40(23-13-11-20(12-14-23)19-5-3-2-4-6-19)30(42)37-29-35-25-16-22(31)15-24(32)26(25)43-29/h7-16,19,33-34H,2-6,17H2,1H3,(H,35,37,42)(H,36,39,41). The number of amides is 3. The van der Waals surface area contributed by atoms with E-state index >= 15 is 0 Å². The molecule has 1 heterocycles. The molecule has 10 nitrogen and oxygen atoms in total. The highest BCUT2D eigenvalue weighted by Gasteiger charge is 2.21. The molecule has 43 heavy (non-hydrogen) atoms. The van der Waals surface area contributed by atoms with Gasteiger partial charge < -0.3 is 5.43 Å². The van der Waals surface area contributed by atoms with Crippen molar-refractivity contribution >= 4 is 73.5 Å². The van der Waals surface area contributed by atoms with Gasteiger partial charge in [0.15, 0.2) is 5.13 Å². The zero-order valence-electron chi connectivity index (χ0n) is 23.4. The minimum absolute atomic E-state index is 0.158. The first-order chi connectivity index (χ1) is 20.8. The Morgan fingerprint density at radius 2 is 1.77 bits per heavy atom. The van der Waals surface area contributed by atoms with Crippen LogP contribution in [0.25, 0.3) is 10.2 Å². The summed E-state index contributed by atoms with van der Waals surface area (Å²) in [5.74, 6) is -0.0711. The molecule has 0 unspecified atom stereocenters. The molecule has 1 aromatic heterocycles. The number of hydrogen-bond donors (Lipinski definition) is 4. The van der Waals surface area contributed by atoms with E-state index in [1.807, 2.05) is 12.1 Å². The molecular weight excluding hydrogens is 607 g/mol. The van der Waals surface area contributed by atoms with E-state index in [4.69, 9.17) is 28.7 Å². The zero-order valence-corrected chi connectivity index (χ0v) is 25.7. The van der Waals surface area contributed by atoms with Crippen LogP contribution in [-0.4, -0.2) is 29.9 Å². The summed E-state index contributed by atoms with van der Waals surface area (Å²) in [6, 6.07) is 18.0. The Bertz CT molecular complexity index is 1650. The lowest BCUT2D eigenvalue weighted by atomic mass is 9.84. The van der Waals surface area contributed by atoms with Crippen molar-refractivity contribution in [2.45, 2.75) is 44.6 Å². The van der Waals surface area contributed by atoms with Gasteiger partial charge in [-0.1, -0.05) is 78.1 Å². The van der Waals surface area contributed by atoms with E-state index in [1.54, 1.807) is 48.3 Å². The Labute approximate surface area is 263 Å². The number of guanidine groups is 1. The molecule has 1 saturated carbocycles. The maximum atomic E-state index is 13.7. The number of carbonyl (C=O) groups excluding carboxylic acids is 2. The number of anilines is 2. The molecule has 1 fully saturated rings. The number of halogens is 2. The van der Waals surface area contributed by atoms with E-state index in [0.717, 1.165) is 16.0 Å². The monoisotopic (exact) mass is 636 g/mol. The average molecular weight is 638 g/mol. The molecule has 222 valence electrons. The highest BCUT2D eigenvalue weighted by atomic mass is 35.5. The van der Waals surface area contributed by atoms with Gasteiger partial charge in [0, 0.05) is 23.3 Å². The number of aromatic nitrogens is 1. The SMILES string of the molecule is CN/N=C(\N=N)NC(=O)c1ccc(CN(C(=O)Nc2nc3cc(Cl)cc(Cl)c3s2)c2ccc(C3CCCCC3)cc2)cc1. The highest BCUT2D eigenvalue weighted by molar-refractivity contribution is 7.23. The van der Waals surface area contributed by atoms with Gasteiger partial charge in [0.05, 0.1) is 21.8 Å². The predicted molar refractivity (Wildman–Crippen MR) is 173 cm³/mol. The second-order valence-corrected chi connectivity index (χ2v) is 12.0. The molecule has 3 amide bonds. The quantitative estimate of drug-likeness (QED) is 0.0704. The summed E-state index contributed by atoms with van der Waals surface area (Å²) in [5, 5.41) is 13.6. The number of urea groups is 1. The van der Waals surface area contributed by atoms with E-state index in [9.17, 15) is 9.59 Å². The topological polar surface area (TPSA) is 135 Å². The molecule has 0 saturated heterocycles. The van der Waals surface area contributed by atoms with Crippen LogP contribution in [0.2, 0.25) is 10.0 Å². The highest BCUT2D eigenvalue weighted by Crippen LogP contribution is 2.36. The third-order valence-electron chi connectivity index (χ3n) is 7.26. The maximum Gasteiger partial charge on any atom is 0.328 e. The fraction of sp³-hybridized carbons (Fsp3) is 0.267.